The van der Waals surface area contributed by atoms with Crippen LogP contribution in [0.2, 0.25) is 0 Å². The highest BCUT2D eigenvalue weighted by Crippen LogP contribution is 2.35. The highest BCUT2D eigenvalue weighted by Gasteiger charge is 2.34. The Morgan fingerprint density at radius 1 is 1.16 bits per heavy atom. The highest BCUT2D eigenvalue weighted by atomic mass is 16.5. The molecule has 0 saturated heterocycles. The monoisotopic (exact) mass is 337 g/mol. The lowest BCUT2D eigenvalue weighted by molar-refractivity contribution is -0.136. The van der Waals surface area contributed by atoms with Gasteiger partial charge in [-0.3, -0.25) is 9.59 Å². The van der Waals surface area contributed by atoms with Crippen molar-refractivity contribution >= 4 is 12.2 Å². The Morgan fingerprint density at radius 3 is 2.52 bits per heavy atom. The Hall–Kier alpha value is -2.62. The molecule has 0 radical (unpaired) electrons. The second-order valence-electron chi connectivity index (χ2n) is 6.53. The van der Waals surface area contributed by atoms with Gasteiger partial charge in [0.05, 0.1) is 5.56 Å². The first-order valence-electron chi connectivity index (χ1n) is 8.69. The molecule has 1 aliphatic carbocycles. The lowest BCUT2D eigenvalue weighted by Gasteiger charge is -2.29. The molecule has 3 rings (SSSR count). The lowest BCUT2D eigenvalue weighted by atomic mass is 10.1. The fourth-order valence-electron chi connectivity index (χ4n) is 3.00. The van der Waals surface area contributed by atoms with Gasteiger partial charge >= 0.3 is 0 Å². The van der Waals surface area contributed by atoms with Crippen LogP contribution in [0.15, 0.2) is 54.6 Å². The number of ether oxygens (including phenoxy) is 1. The van der Waals surface area contributed by atoms with Crippen LogP contribution in [-0.4, -0.2) is 29.7 Å². The molecule has 0 aliphatic heterocycles. The van der Waals surface area contributed by atoms with Crippen LogP contribution in [0.3, 0.4) is 0 Å². The third-order valence-electron chi connectivity index (χ3n) is 4.71. The van der Waals surface area contributed by atoms with Gasteiger partial charge in [-0.05, 0) is 43.4 Å². The normalized spacial score (nSPS) is 14.6. The van der Waals surface area contributed by atoms with Crippen molar-refractivity contribution in [3.63, 3.8) is 0 Å². The summed E-state index contributed by atoms with van der Waals surface area (Å²) in [6, 6.07) is 17.1. The number of nitrogens with zero attached hydrogens (tertiary/aromatic N) is 1. The standard InChI is InChI=1S/C21H23NO3/c1-16(18-11-12-18)22(13-17-7-3-2-4-8-17)21(24)15-25-20-10-6-5-9-19(20)14-23/h2-10,14,16,18H,11-13,15H2,1H3. The first kappa shape index (κ1) is 17.2. The summed E-state index contributed by atoms with van der Waals surface area (Å²) in [6.07, 6.45) is 3.09. The van der Waals surface area contributed by atoms with Crippen LogP contribution in [0.4, 0.5) is 0 Å². The van der Waals surface area contributed by atoms with Gasteiger partial charge in [0.25, 0.3) is 5.91 Å². The van der Waals surface area contributed by atoms with E-state index in [4.69, 9.17) is 4.74 Å². The molecule has 1 aliphatic rings. The summed E-state index contributed by atoms with van der Waals surface area (Å²) < 4.78 is 5.64. The predicted octanol–water partition coefficient (Wildman–Crippen LogP) is 3.71. The van der Waals surface area contributed by atoms with Crippen molar-refractivity contribution in [1.29, 1.82) is 0 Å². The number of amides is 1. The molecule has 2 aromatic carbocycles. The minimum atomic E-state index is -0.0608. The number of rotatable bonds is 8. The van der Waals surface area contributed by atoms with Crippen LogP contribution >= 0.6 is 0 Å². The van der Waals surface area contributed by atoms with E-state index in [0.29, 0.717) is 23.8 Å². The van der Waals surface area contributed by atoms with E-state index in [1.807, 2.05) is 35.2 Å². The number of hydrogen-bond acceptors (Lipinski definition) is 3. The summed E-state index contributed by atoms with van der Waals surface area (Å²) in [5.41, 5.74) is 1.57. The van der Waals surface area contributed by atoms with E-state index in [2.05, 4.69) is 6.92 Å². The van der Waals surface area contributed by atoms with Gasteiger partial charge in [-0.25, -0.2) is 0 Å². The quantitative estimate of drug-likeness (QED) is 0.690. The lowest BCUT2D eigenvalue weighted by Crippen LogP contribution is -2.42. The average molecular weight is 337 g/mol. The van der Waals surface area contributed by atoms with Crippen LogP contribution in [0.1, 0.15) is 35.7 Å². The highest BCUT2D eigenvalue weighted by molar-refractivity contribution is 5.81. The van der Waals surface area contributed by atoms with Crippen molar-refractivity contribution in [1.82, 2.24) is 4.90 Å². The molecule has 4 heteroatoms. The maximum atomic E-state index is 12.8. The minimum absolute atomic E-state index is 0.0519. The number of para-hydroxylation sites is 1. The second-order valence-corrected chi connectivity index (χ2v) is 6.53. The van der Waals surface area contributed by atoms with Crippen LogP contribution in [0.25, 0.3) is 0 Å². The number of benzene rings is 2. The van der Waals surface area contributed by atoms with E-state index in [1.165, 1.54) is 12.8 Å². The Morgan fingerprint density at radius 2 is 1.84 bits per heavy atom. The van der Waals surface area contributed by atoms with E-state index in [0.717, 1.165) is 11.8 Å². The maximum Gasteiger partial charge on any atom is 0.261 e. The van der Waals surface area contributed by atoms with Gasteiger partial charge < -0.3 is 9.64 Å². The molecule has 0 bridgehead atoms. The van der Waals surface area contributed by atoms with Crippen LogP contribution < -0.4 is 4.74 Å². The van der Waals surface area contributed by atoms with Gasteiger partial charge in [0, 0.05) is 12.6 Å². The summed E-state index contributed by atoms with van der Waals surface area (Å²) in [7, 11) is 0. The zero-order valence-corrected chi connectivity index (χ0v) is 14.4. The first-order valence-corrected chi connectivity index (χ1v) is 8.69. The summed E-state index contributed by atoms with van der Waals surface area (Å²) in [5, 5.41) is 0. The SMILES string of the molecule is CC(C1CC1)N(Cc1ccccc1)C(=O)COc1ccccc1C=O. The molecule has 1 amide bonds. The van der Waals surface area contributed by atoms with E-state index >= 15 is 0 Å². The zero-order chi connectivity index (χ0) is 17.6. The van der Waals surface area contributed by atoms with E-state index in [1.54, 1.807) is 24.3 Å². The Labute approximate surface area is 148 Å². The molecule has 0 heterocycles. The molecule has 0 aromatic heterocycles. The molecule has 4 nitrogen and oxygen atoms in total. The van der Waals surface area contributed by atoms with E-state index in [9.17, 15) is 9.59 Å². The van der Waals surface area contributed by atoms with Gasteiger partial charge in [-0.2, -0.15) is 0 Å². The summed E-state index contributed by atoms with van der Waals surface area (Å²) >= 11 is 0. The topological polar surface area (TPSA) is 46.6 Å². The fourth-order valence-corrected chi connectivity index (χ4v) is 3.00. The van der Waals surface area contributed by atoms with Gasteiger partial charge in [0.2, 0.25) is 0 Å². The van der Waals surface area contributed by atoms with Crippen molar-refractivity contribution in [3.8, 4) is 5.75 Å². The number of carbonyl (C=O) groups excluding carboxylic acids is 2. The van der Waals surface area contributed by atoms with Crippen molar-refractivity contribution in [2.45, 2.75) is 32.4 Å². The molecule has 1 unspecified atom stereocenters. The molecule has 1 saturated carbocycles. The largest absolute Gasteiger partial charge is 0.483 e. The Bertz CT molecular complexity index is 725. The summed E-state index contributed by atoms with van der Waals surface area (Å²) in [5.74, 6) is 0.975. The van der Waals surface area contributed by atoms with Crippen molar-refractivity contribution in [2.24, 2.45) is 5.92 Å². The molecule has 130 valence electrons. The van der Waals surface area contributed by atoms with Crippen LogP contribution in [-0.2, 0) is 11.3 Å². The smallest absolute Gasteiger partial charge is 0.261 e. The van der Waals surface area contributed by atoms with Crippen molar-refractivity contribution in [3.05, 3.63) is 65.7 Å². The Balaban J connectivity index is 1.69. The van der Waals surface area contributed by atoms with E-state index in [-0.39, 0.29) is 18.6 Å². The fraction of sp³-hybridized carbons (Fsp3) is 0.333. The number of aldehydes is 1. The summed E-state index contributed by atoms with van der Waals surface area (Å²) in [4.78, 5) is 25.8. The van der Waals surface area contributed by atoms with Gasteiger partial charge in [0.15, 0.2) is 12.9 Å². The molecule has 2 aromatic rings. The predicted molar refractivity (Wildman–Crippen MR) is 96.5 cm³/mol. The zero-order valence-electron chi connectivity index (χ0n) is 14.4. The van der Waals surface area contributed by atoms with Crippen LogP contribution in [0.5, 0.6) is 5.75 Å². The molecule has 1 atom stereocenters. The molecule has 0 N–H and O–H groups in total. The van der Waals surface area contributed by atoms with Crippen LogP contribution in [0, 0.1) is 5.92 Å². The Kier molecular flexibility index (Phi) is 5.49. The van der Waals surface area contributed by atoms with Crippen molar-refractivity contribution in [2.75, 3.05) is 6.61 Å². The number of carbonyl (C=O) groups is 2. The molecular weight excluding hydrogens is 314 g/mol. The third-order valence-corrected chi connectivity index (χ3v) is 4.71. The molecular formula is C21H23NO3. The molecule has 0 spiro atoms. The first-order chi connectivity index (χ1) is 12.2. The van der Waals surface area contributed by atoms with Gasteiger partial charge in [-0.1, -0.05) is 42.5 Å². The molecule has 1 fully saturated rings. The molecule has 25 heavy (non-hydrogen) atoms. The summed E-state index contributed by atoms with van der Waals surface area (Å²) in [6.45, 7) is 2.63. The average Bonchev–Trinajstić information content (AvgIpc) is 3.50. The minimum Gasteiger partial charge on any atom is -0.483 e. The van der Waals surface area contributed by atoms with Gasteiger partial charge in [0.1, 0.15) is 5.75 Å². The maximum absolute atomic E-state index is 12.8. The van der Waals surface area contributed by atoms with E-state index < -0.39 is 0 Å². The van der Waals surface area contributed by atoms with Crippen molar-refractivity contribution < 1.29 is 14.3 Å². The second kappa shape index (κ2) is 7.97. The third kappa shape index (κ3) is 4.47. The van der Waals surface area contributed by atoms with Gasteiger partial charge in [-0.15, -0.1) is 0 Å². The number of hydrogen-bond donors (Lipinski definition) is 0.